The molecule has 0 spiro atoms. The average molecular weight is 392 g/mol. The van der Waals surface area contributed by atoms with Crippen molar-refractivity contribution in [3.05, 3.63) is 34.1 Å². The number of fused-ring (bicyclic) bond motifs is 2. The van der Waals surface area contributed by atoms with E-state index in [1.807, 2.05) is 6.07 Å². The van der Waals surface area contributed by atoms with Crippen LogP contribution in [0.25, 0.3) is 0 Å². The Bertz CT molecular complexity index is 562. The van der Waals surface area contributed by atoms with Crippen molar-refractivity contribution in [3.8, 4) is 0 Å². The highest BCUT2D eigenvalue weighted by atomic mass is 79.9. The maximum absolute atomic E-state index is 13.9. The largest absolute Gasteiger partial charge is 0.370 e. The van der Waals surface area contributed by atoms with E-state index in [1.54, 1.807) is 6.07 Å². The number of rotatable bonds is 4. The Balaban J connectivity index is 1.75. The van der Waals surface area contributed by atoms with Gasteiger partial charge < -0.3 is 9.47 Å². The highest BCUT2D eigenvalue weighted by molar-refractivity contribution is 9.10. The standard InChI is InChI=1S/C17H21BrClFO2/c1-10(2)17-8-15(16(3,22-17)7-14(17)19)21-9-11-12(18)5-4-6-13(11)20/h4-6,10,14-15H,7-9H2,1-3H3/t14-,15+,16-,17+/m0/s1. The first-order chi connectivity index (χ1) is 10.3. The second kappa shape index (κ2) is 5.73. The molecule has 1 aromatic carbocycles. The molecule has 2 fully saturated rings. The molecule has 2 bridgehead atoms. The minimum Gasteiger partial charge on any atom is -0.370 e. The minimum absolute atomic E-state index is 0.0116. The summed E-state index contributed by atoms with van der Waals surface area (Å²) in [6, 6.07) is 4.95. The fraction of sp³-hybridized carbons (Fsp3) is 0.647. The van der Waals surface area contributed by atoms with Gasteiger partial charge in [0.15, 0.2) is 0 Å². The predicted molar refractivity (Wildman–Crippen MR) is 88.6 cm³/mol. The summed E-state index contributed by atoms with van der Waals surface area (Å²) >= 11 is 9.92. The average Bonchev–Trinajstić information content (AvgIpc) is 2.86. The molecule has 1 aromatic rings. The summed E-state index contributed by atoms with van der Waals surface area (Å²) in [4.78, 5) is 0. The summed E-state index contributed by atoms with van der Waals surface area (Å²) in [5.41, 5.74) is -0.156. The van der Waals surface area contributed by atoms with Crippen molar-refractivity contribution >= 4 is 27.5 Å². The van der Waals surface area contributed by atoms with E-state index in [-0.39, 0.29) is 35.1 Å². The Morgan fingerprint density at radius 3 is 2.77 bits per heavy atom. The van der Waals surface area contributed by atoms with Gasteiger partial charge in [0.25, 0.3) is 0 Å². The van der Waals surface area contributed by atoms with Gasteiger partial charge in [0.1, 0.15) is 5.82 Å². The zero-order chi connectivity index (χ0) is 16.1. The maximum atomic E-state index is 13.9. The molecule has 5 heteroatoms. The lowest BCUT2D eigenvalue weighted by atomic mass is 9.75. The zero-order valence-electron chi connectivity index (χ0n) is 13.0. The number of ether oxygens (including phenoxy) is 2. The lowest BCUT2D eigenvalue weighted by Gasteiger charge is -2.35. The predicted octanol–water partition coefficient (Wildman–Crippen LogP) is 5.06. The molecule has 0 amide bonds. The number of alkyl halides is 1. The van der Waals surface area contributed by atoms with E-state index < -0.39 is 0 Å². The molecular formula is C17H21BrClFO2. The van der Waals surface area contributed by atoms with E-state index in [0.29, 0.717) is 11.5 Å². The van der Waals surface area contributed by atoms with Gasteiger partial charge in [0.05, 0.1) is 29.3 Å². The van der Waals surface area contributed by atoms with Crippen LogP contribution in [0.4, 0.5) is 4.39 Å². The Kier molecular flexibility index (Phi) is 4.35. The molecule has 22 heavy (non-hydrogen) atoms. The second-order valence-electron chi connectivity index (χ2n) is 6.90. The Hall–Kier alpha value is -0.160. The Labute approximate surface area is 144 Å². The van der Waals surface area contributed by atoms with Crippen LogP contribution in [0.1, 0.15) is 39.2 Å². The van der Waals surface area contributed by atoms with E-state index in [9.17, 15) is 4.39 Å². The first-order valence-corrected chi connectivity index (χ1v) is 8.90. The van der Waals surface area contributed by atoms with Gasteiger partial charge in [0, 0.05) is 16.5 Å². The summed E-state index contributed by atoms with van der Waals surface area (Å²) in [6.45, 7) is 6.56. The van der Waals surface area contributed by atoms with Crippen LogP contribution in [-0.4, -0.2) is 22.7 Å². The first kappa shape index (κ1) is 16.7. The molecule has 0 N–H and O–H groups in total. The van der Waals surface area contributed by atoms with Crippen LogP contribution in [0.5, 0.6) is 0 Å². The van der Waals surface area contributed by atoms with E-state index in [1.165, 1.54) is 6.07 Å². The molecule has 0 saturated carbocycles. The minimum atomic E-state index is -0.381. The highest BCUT2D eigenvalue weighted by Crippen LogP contribution is 2.57. The van der Waals surface area contributed by atoms with Gasteiger partial charge >= 0.3 is 0 Å². The molecule has 4 atom stereocenters. The third-order valence-corrected chi connectivity index (χ3v) is 6.46. The lowest BCUT2D eigenvalue weighted by Crippen LogP contribution is -2.45. The normalized spacial score (nSPS) is 37.2. The van der Waals surface area contributed by atoms with Crippen LogP contribution in [0.15, 0.2) is 22.7 Å². The molecular weight excluding hydrogens is 371 g/mol. The van der Waals surface area contributed by atoms with Crippen LogP contribution in [0.2, 0.25) is 0 Å². The quantitative estimate of drug-likeness (QED) is 0.668. The van der Waals surface area contributed by atoms with Crippen molar-refractivity contribution in [2.45, 2.75) is 62.9 Å². The fourth-order valence-electron chi connectivity index (χ4n) is 3.75. The van der Waals surface area contributed by atoms with Crippen molar-refractivity contribution in [1.29, 1.82) is 0 Å². The number of benzene rings is 1. The molecule has 0 aromatic heterocycles. The Morgan fingerprint density at radius 2 is 2.18 bits per heavy atom. The van der Waals surface area contributed by atoms with Crippen LogP contribution in [0.3, 0.4) is 0 Å². The van der Waals surface area contributed by atoms with Crippen molar-refractivity contribution in [2.75, 3.05) is 0 Å². The molecule has 2 aliphatic heterocycles. The lowest BCUT2D eigenvalue weighted by molar-refractivity contribution is -0.0960. The third kappa shape index (κ3) is 2.52. The topological polar surface area (TPSA) is 18.5 Å². The smallest absolute Gasteiger partial charge is 0.129 e. The van der Waals surface area contributed by atoms with Crippen molar-refractivity contribution in [3.63, 3.8) is 0 Å². The summed E-state index contributed by atoms with van der Waals surface area (Å²) < 4.78 is 27.0. The first-order valence-electron chi connectivity index (χ1n) is 7.67. The number of hydrogen-bond acceptors (Lipinski definition) is 2. The van der Waals surface area contributed by atoms with Crippen LogP contribution >= 0.6 is 27.5 Å². The summed E-state index contributed by atoms with van der Waals surface area (Å²) in [6.07, 6.45) is 1.48. The van der Waals surface area contributed by atoms with Gasteiger partial charge in [0.2, 0.25) is 0 Å². The Morgan fingerprint density at radius 1 is 1.45 bits per heavy atom. The maximum Gasteiger partial charge on any atom is 0.129 e. The van der Waals surface area contributed by atoms with Crippen LogP contribution in [0, 0.1) is 11.7 Å². The van der Waals surface area contributed by atoms with Crippen molar-refractivity contribution in [1.82, 2.24) is 0 Å². The molecule has 2 saturated heterocycles. The van der Waals surface area contributed by atoms with Gasteiger partial charge in [-0.1, -0.05) is 35.8 Å². The molecule has 0 radical (unpaired) electrons. The highest BCUT2D eigenvalue weighted by Gasteiger charge is 2.65. The second-order valence-corrected chi connectivity index (χ2v) is 8.28. The molecule has 122 valence electrons. The molecule has 0 aliphatic carbocycles. The number of hydrogen-bond donors (Lipinski definition) is 0. The van der Waals surface area contributed by atoms with Crippen molar-refractivity contribution in [2.24, 2.45) is 5.92 Å². The van der Waals surface area contributed by atoms with E-state index in [4.69, 9.17) is 21.1 Å². The van der Waals surface area contributed by atoms with Gasteiger partial charge in [-0.3, -0.25) is 0 Å². The van der Waals surface area contributed by atoms with Gasteiger partial charge in [-0.2, -0.15) is 0 Å². The molecule has 0 unspecified atom stereocenters. The third-order valence-electron chi connectivity index (χ3n) is 5.19. The number of halogens is 3. The van der Waals surface area contributed by atoms with E-state index >= 15 is 0 Å². The molecule has 3 rings (SSSR count). The summed E-state index contributed by atoms with van der Waals surface area (Å²) in [5.74, 6) is 0.0722. The summed E-state index contributed by atoms with van der Waals surface area (Å²) in [5, 5.41) is 0.0116. The molecule has 2 heterocycles. The van der Waals surface area contributed by atoms with Gasteiger partial charge in [-0.05, 0) is 31.4 Å². The van der Waals surface area contributed by atoms with Crippen molar-refractivity contribution < 1.29 is 13.9 Å². The monoisotopic (exact) mass is 390 g/mol. The van der Waals surface area contributed by atoms with E-state index in [0.717, 1.165) is 17.3 Å². The molecule has 2 nitrogen and oxygen atoms in total. The SMILES string of the molecule is CC(C)[C@]12C[C@@H](OCc3c(F)cccc3Br)[C@](C)(C[C@@H]1Cl)O2. The summed E-state index contributed by atoms with van der Waals surface area (Å²) in [7, 11) is 0. The van der Waals surface area contributed by atoms with Gasteiger partial charge in [-0.25, -0.2) is 4.39 Å². The molecule has 2 aliphatic rings. The van der Waals surface area contributed by atoms with Crippen LogP contribution in [-0.2, 0) is 16.1 Å². The van der Waals surface area contributed by atoms with Gasteiger partial charge in [-0.15, -0.1) is 11.6 Å². The zero-order valence-corrected chi connectivity index (χ0v) is 15.4. The fourth-order valence-corrected chi connectivity index (χ4v) is 4.89. The van der Waals surface area contributed by atoms with Crippen LogP contribution < -0.4 is 0 Å². The van der Waals surface area contributed by atoms with E-state index in [2.05, 4.69) is 36.7 Å².